The van der Waals surface area contributed by atoms with E-state index >= 15 is 0 Å². The summed E-state index contributed by atoms with van der Waals surface area (Å²) in [5.41, 5.74) is 2.96. The van der Waals surface area contributed by atoms with E-state index in [0.717, 1.165) is 32.9 Å². The molecule has 1 fully saturated rings. The number of thiophene rings is 1. The van der Waals surface area contributed by atoms with Gasteiger partial charge in [0.15, 0.2) is 0 Å². The number of aryl methyl sites for hydroxylation is 2. The van der Waals surface area contributed by atoms with E-state index in [1.165, 1.54) is 0 Å². The number of benzene rings is 2. The van der Waals surface area contributed by atoms with Crippen molar-refractivity contribution < 1.29 is 23.7 Å². The fraction of sp³-hybridized carbons (Fsp3) is 0.292. The van der Waals surface area contributed by atoms with Crippen molar-refractivity contribution in [1.82, 2.24) is 0 Å². The molecule has 1 atom stereocenters. The van der Waals surface area contributed by atoms with E-state index in [9.17, 15) is 14.5 Å². The van der Waals surface area contributed by atoms with Crippen molar-refractivity contribution in [2.45, 2.75) is 32.8 Å². The van der Waals surface area contributed by atoms with Gasteiger partial charge in [-0.05, 0) is 62.1 Å². The van der Waals surface area contributed by atoms with Crippen LogP contribution >= 0.6 is 30.5 Å². The second-order valence-corrected chi connectivity index (χ2v) is 11.5. The maximum atomic E-state index is 14.4. The Morgan fingerprint density at radius 1 is 1.15 bits per heavy atom. The van der Waals surface area contributed by atoms with Gasteiger partial charge in [0.2, 0.25) is 0 Å². The largest absolute Gasteiger partial charge is 0.477 e. The molecule has 1 aliphatic rings. The fourth-order valence-electron chi connectivity index (χ4n) is 3.82. The molecule has 0 aliphatic carbocycles. The number of anilines is 1. The summed E-state index contributed by atoms with van der Waals surface area (Å²) in [6.07, 6.45) is 1.00. The van der Waals surface area contributed by atoms with Gasteiger partial charge in [-0.15, -0.1) is 11.3 Å². The molecule has 1 aliphatic heterocycles. The van der Waals surface area contributed by atoms with Gasteiger partial charge in [0.25, 0.3) is 0 Å². The van der Waals surface area contributed by atoms with E-state index in [2.05, 4.69) is 5.09 Å². The molecule has 1 unspecified atom stereocenters. The van der Waals surface area contributed by atoms with Crippen LogP contribution < -0.4 is 10.4 Å². The lowest BCUT2D eigenvalue weighted by molar-refractivity contribution is 0.0280. The minimum atomic E-state index is -3.66. The van der Waals surface area contributed by atoms with Crippen LogP contribution in [0.3, 0.4) is 0 Å². The van der Waals surface area contributed by atoms with E-state index in [-0.39, 0.29) is 16.7 Å². The normalized spacial score (nSPS) is 16.3. The Hall–Kier alpha value is -2.15. The Kier molecular flexibility index (Phi) is 7.27. The molecule has 3 aromatic rings. The van der Waals surface area contributed by atoms with Crippen LogP contribution in [0.1, 0.15) is 33.6 Å². The van der Waals surface area contributed by atoms with E-state index < -0.39 is 13.5 Å². The van der Waals surface area contributed by atoms with Crippen molar-refractivity contribution in [3.05, 3.63) is 69.6 Å². The summed E-state index contributed by atoms with van der Waals surface area (Å²) in [5, 5.41) is 14.0. The molecule has 2 heterocycles. The first kappa shape index (κ1) is 24.0. The van der Waals surface area contributed by atoms with E-state index in [1.807, 2.05) is 38.1 Å². The predicted molar refractivity (Wildman–Crippen MR) is 133 cm³/mol. The molecular formula is C24H25ClNO5PS. The van der Waals surface area contributed by atoms with Crippen LogP contribution in [0.15, 0.2) is 48.5 Å². The molecule has 0 amide bonds. The molecule has 2 N–H and O–H groups in total. The first-order valence-corrected chi connectivity index (χ1v) is 13.4. The van der Waals surface area contributed by atoms with Gasteiger partial charge in [-0.25, -0.2) is 4.79 Å². The zero-order chi connectivity index (χ0) is 23.6. The van der Waals surface area contributed by atoms with Crippen LogP contribution in [0, 0.1) is 13.8 Å². The standard InChI is InChI=1S/C24H25ClNO5PS/c1-15-3-8-21(16(2)13-15)32(29,31-19-9-11-30-12-10-19)26-20-14-22(33-23(20)24(27)28)17-4-6-18(25)7-5-17/h3-8,13-14,19H,9-12H2,1-2H3,(H,26,29)(H,27,28). The highest BCUT2D eigenvalue weighted by atomic mass is 35.5. The number of ether oxygens (including phenoxy) is 1. The van der Waals surface area contributed by atoms with Crippen LogP contribution in [-0.4, -0.2) is 30.4 Å². The second-order valence-electron chi connectivity index (χ2n) is 8.04. The third-order valence-corrected chi connectivity index (χ3v) is 9.15. The zero-order valence-corrected chi connectivity index (χ0v) is 20.8. The molecule has 1 saturated heterocycles. The first-order chi connectivity index (χ1) is 15.7. The molecule has 174 valence electrons. The van der Waals surface area contributed by atoms with Crippen molar-refractivity contribution in [2.75, 3.05) is 18.3 Å². The van der Waals surface area contributed by atoms with Crippen molar-refractivity contribution >= 4 is 47.4 Å². The zero-order valence-electron chi connectivity index (χ0n) is 18.3. The van der Waals surface area contributed by atoms with Gasteiger partial charge in [-0.2, -0.15) is 0 Å². The second kappa shape index (κ2) is 10.00. The van der Waals surface area contributed by atoms with Gasteiger partial charge in [0, 0.05) is 23.1 Å². The summed E-state index contributed by atoms with van der Waals surface area (Å²) in [6, 6.07) is 14.5. The summed E-state index contributed by atoms with van der Waals surface area (Å²) < 4.78 is 26.0. The van der Waals surface area contributed by atoms with Crippen LogP contribution in [-0.2, 0) is 13.8 Å². The molecule has 9 heteroatoms. The van der Waals surface area contributed by atoms with E-state index in [4.69, 9.17) is 20.9 Å². The molecule has 2 aromatic carbocycles. The topological polar surface area (TPSA) is 84.9 Å². The average molecular weight is 506 g/mol. The Labute approximate surface area is 202 Å². The van der Waals surface area contributed by atoms with Crippen LogP contribution in [0.2, 0.25) is 5.02 Å². The van der Waals surface area contributed by atoms with E-state index in [1.54, 1.807) is 24.3 Å². The third-order valence-electron chi connectivity index (χ3n) is 5.46. The summed E-state index contributed by atoms with van der Waals surface area (Å²) in [7, 11) is -3.66. The number of rotatable bonds is 7. The smallest absolute Gasteiger partial charge is 0.348 e. The number of carboxylic acids is 1. The van der Waals surface area contributed by atoms with Crippen molar-refractivity contribution in [2.24, 2.45) is 0 Å². The number of carboxylic acid groups (broad SMARTS) is 1. The highest BCUT2D eigenvalue weighted by molar-refractivity contribution is 7.68. The molecule has 0 radical (unpaired) electrons. The van der Waals surface area contributed by atoms with Crippen LogP contribution in [0.5, 0.6) is 0 Å². The number of nitrogens with one attached hydrogen (secondary N) is 1. The molecule has 0 spiro atoms. The minimum Gasteiger partial charge on any atom is -0.477 e. The summed E-state index contributed by atoms with van der Waals surface area (Å²) >= 11 is 7.11. The Bertz CT molecular complexity index is 1200. The Balaban J connectivity index is 1.75. The average Bonchev–Trinajstić information content (AvgIpc) is 3.18. The van der Waals surface area contributed by atoms with Gasteiger partial charge in [0.1, 0.15) is 4.88 Å². The quantitative estimate of drug-likeness (QED) is 0.356. The predicted octanol–water partition coefficient (Wildman–Crippen LogP) is 6.51. The Morgan fingerprint density at radius 3 is 2.48 bits per heavy atom. The van der Waals surface area contributed by atoms with Gasteiger partial charge in [-0.3, -0.25) is 4.57 Å². The van der Waals surface area contributed by atoms with Crippen molar-refractivity contribution in [1.29, 1.82) is 0 Å². The number of aromatic carboxylic acids is 1. The highest BCUT2D eigenvalue weighted by Crippen LogP contribution is 2.51. The summed E-state index contributed by atoms with van der Waals surface area (Å²) in [5.74, 6) is -1.10. The molecule has 1 aromatic heterocycles. The molecule has 33 heavy (non-hydrogen) atoms. The monoisotopic (exact) mass is 505 g/mol. The van der Waals surface area contributed by atoms with Crippen LogP contribution in [0.4, 0.5) is 5.69 Å². The molecule has 0 saturated carbocycles. The van der Waals surface area contributed by atoms with Gasteiger partial charge in [0.05, 0.1) is 17.1 Å². The minimum absolute atomic E-state index is 0.0699. The molecule has 4 rings (SSSR count). The molecular weight excluding hydrogens is 481 g/mol. The van der Waals surface area contributed by atoms with Crippen LogP contribution in [0.25, 0.3) is 10.4 Å². The maximum absolute atomic E-state index is 14.4. The number of hydrogen-bond acceptors (Lipinski definition) is 5. The highest BCUT2D eigenvalue weighted by Gasteiger charge is 2.34. The van der Waals surface area contributed by atoms with Gasteiger partial charge in [-0.1, -0.05) is 41.4 Å². The maximum Gasteiger partial charge on any atom is 0.348 e. The van der Waals surface area contributed by atoms with Crippen molar-refractivity contribution in [3.63, 3.8) is 0 Å². The molecule has 0 bridgehead atoms. The third kappa shape index (κ3) is 5.51. The lowest BCUT2D eigenvalue weighted by Crippen LogP contribution is -2.27. The SMILES string of the molecule is Cc1ccc(P(=O)(Nc2cc(-c3ccc(Cl)cc3)sc2C(=O)O)OC2CCOCC2)c(C)c1. The number of carbonyl (C=O) groups is 1. The molecule has 6 nitrogen and oxygen atoms in total. The van der Waals surface area contributed by atoms with Gasteiger partial charge >= 0.3 is 13.5 Å². The van der Waals surface area contributed by atoms with Crippen molar-refractivity contribution in [3.8, 4) is 10.4 Å². The van der Waals surface area contributed by atoms with Gasteiger partial charge < -0.3 is 19.5 Å². The number of hydrogen-bond donors (Lipinski definition) is 2. The number of halogens is 1. The fourth-order valence-corrected chi connectivity index (χ4v) is 7.19. The Morgan fingerprint density at radius 2 is 1.85 bits per heavy atom. The lowest BCUT2D eigenvalue weighted by Gasteiger charge is -2.29. The van der Waals surface area contributed by atoms with E-state index in [0.29, 0.717) is 36.4 Å². The lowest BCUT2D eigenvalue weighted by atomic mass is 10.2. The first-order valence-electron chi connectivity index (χ1n) is 10.6. The summed E-state index contributed by atoms with van der Waals surface area (Å²) in [6.45, 7) is 4.93. The summed E-state index contributed by atoms with van der Waals surface area (Å²) in [4.78, 5) is 12.8.